The normalized spacial score (nSPS) is 22.3. The summed E-state index contributed by atoms with van der Waals surface area (Å²) in [4.78, 5) is 12.2. The number of carbonyl (C=O) groups is 1. The van der Waals surface area contributed by atoms with Gasteiger partial charge in [-0.25, -0.2) is 8.42 Å². The van der Waals surface area contributed by atoms with E-state index in [-0.39, 0.29) is 12.5 Å². The van der Waals surface area contributed by atoms with Gasteiger partial charge in [0.05, 0.1) is 24.4 Å². The van der Waals surface area contributed by atoms with Crippen LogP contribution < -0.4 is 4.72 Å². The van der Waals surface area contributed by atoms with Crippen LogP contribution in [-0.4, -0.2) is 26.2 Å². The van der Waals surface area contributed by atoms with Crippen LogP contribution in [0.25, 0.3) is 0 Å². The molecule has 0 unspecified atom stereocenters. The summed E-state index contributed by atoms with van der Waals surface area (Å²) in [6.07, 6.45) is 4.71. The average molecular weight is 337 g/mol. The number of fused-ring (bicyclic) bond motifs is 1. The van der Waals surface area contributed by atoms with E-state index >= 15 is 0 Å². The van der Waals surface area contributed by atoms with E-state index in [4.69, 9.17) is 4.74 Å². The summed E-state index contributed by atoms with van der Waals surface area (Å²) in [5.41, 5.74) is 2.16. The van der Waals surface area contributed by atoms with Gasteiger partial charge in [-0.05, 0) is 30.4 Å². The number of amides is 1. The number of benzene rings is 1. The second kappa shape index (κ2) is 7.01. The molecule has 1 aromatic carbocycles. The van der Waals surface area contributed by atoms with Crippen molar-refractivity contribution in [3.8, 4) is 0 Å². The number of hydrogen-bond donors (Lipinski definition) is 1. The van der Waals surface area contributed by atoms with E-state index in [0.29, 0.717) is 19.4 Å². The largest absolute Gasteiger partial charge is 0.373 e. The standard InChI is InChI=1S/C17H23NO4S/c19-17(18-23(20,21)14-7-2-1-3-8-14)12-16-15-9-5-4-6-13(15)10-11-22-16/h4-6,9,14,16H,1-3,7-8,10-12H2,(H,18,19)/t16-/m1/s1. The lowest BCUT2D eigenvalue weighted by atomic mass is 9.96. The summed E-state index contributed by atoms with van der Waals surface area (Å²) in [7, 11) is -3.57. The molecule has 126 valence electrons. The van der Waals surface area contributed by atoms with Crippen LogP contribution >= 0.6 is 0 Å². The van der Waals surface area contributed by atoms with Gasteiger partial charge in [0.25, 0.3) is 0 Å². The highest BCUT2D eigenvalue weighted by molar-refractivity contribution is 7.90. The Morgan fingerprint density at radius 3 is 2.70 bits per heavy atom. The highest BCUT2D eigenvalue weighted by Gasteiger charge is 2.30. The fraction of sp³-hybridized carbons (Fsp3) is 0.588. The first-order chi connectivity index (χ1) is 11.1. The van der Waals surface area contributed by atoms with Crippen LogP contribution in [0, 0.1) is 0 Å². The first-order valence-corrected chi connectivity index (χ1v) is 9.85. The van der Waals surface area contributed by atoms with Crippen molar-refractivity contribution in [2.45, 2.75) is 56.3 Å². The van der Waals surface area contributed by atoms with Gasteiger partial charge in [-0.2, -0.15) is 0 Å². The average Bonchev–Trinajstić information content (AvgIpc) is 2.55. The van der Waals surface area contributed by atoms with Gasteiger partial charge >= 0.3 is 0 Å². The van der Waals surface area contributed by atoms with E-state index in [2.05, 4.69) is 4.72 Å². The van der Waals surface area contributed by atoms with Crippen LogP contribution in [0.2, 0.25) is 0 Å². The van der Waals surface area contributed by atoms with Crippen molar-refractivity contribution >= 4 is 15.9 Å². The molecule has 1 saturated carbocycles. The van der Waals surface area contributed by atoms with Gasteiger partial charge in [0.1, 0.15) is 0 Å². The molecule has 6 heteroatoms. The Kier molecular flexibility index (Phi) is 5.02. The summed E-state index contributed by atoms with van der Waals surface area (Å²) in [5, 5.41) is -0.431. The third-order valence-corrected chi connectivity index (χ3v) is 6.57. The zero-order valence-electron chi connectivity index (χ0n) is 13.2. The summed E-state index contributed by atoms with van der Waals surface area (Å²) in [5.74, 6) is -0.475. The quantitative estimate of drug-likeness (QED) is 0.916. The molecule has 23 heavy (non-hydrogen) atoms. The van der Waals surface area contributed by atoms with Crippen LogP contribution in [0.3, 0.4) is 0 Å². The molecule has 1 aromatic rings. The number of carbonyl (C=O) groups excluding carboxylic acids is 1. The van der Waals surface area contributed by atoms with Gasteiger partial charge < -0.3 is 4.74 Å². The van der Waals surface area contributed by atoms with Crippen LogP contribution in [-0.2, 0) is 26.0 Å². The summed E-state index contributed by atoms with van der Waals surface area (Å²) in [6, 6.07) is 7.86. The molecule has 1 aliphatic heterocycles. The monoisotopic (exact) mass is 337 g/mol. The minimum Gasteiger partial charge on any atom is -0.373 e. The van der Waals surface area contributed by atoms with Crippen LogP contribution in [0.15, 0.2) is 24.3 Å². The number of hydrogen-bond acceptors (Lipinski definition) is 4. The highest BCUT2D eigenvalue weighted by atomic mass is 32.2. The molecule has 1 N–H and O–H groups in total. The third-order valence-electron chi connectivity index (χ3n) is 4.71. The molecule has 1 fully saturated rings. The topological polar surface area (TPSA) is 72.5 Å². The highest BCUT2D eigenvalue weighted by Crippen LogP contribution is 2.29. The van der Waals surface area contributed by atoms with E-state index < -0.39 is 21.2 Å². The molecular formula is C17H23NO4S. The van der Waals surface area contributed by atoms with E-state index in [1.54, 1.807) is 0 Å². The molecule has 0 bridgehead atoms. The molecule has 1 amide bonds. The smallest absolute Gasteiger partial charge is 0.237 e. The molecule has 2 aliphatic rings. The zero-order chi connectivity index (χ0) is 16.3. The fourth-order valence-corrected chi connectivity index (χ4v) is 4.99. The second-order valence-electron chi connectivity index (χ2n) is 6.34. The Bertz CT molecular complexity index is 665. The van der Waals surface area contributed by atoms with E-state index in [1.165, 1.54) is 5.56 Å². The summed E-state index contributed by atoms with van der Waals surface area (Å²) in [6.45, 7) is 0.560. The molecule has 5 nitrogen and oxygen atoms in total. The van der Waals surface area contributed by atoms with Gasteiger partial charge in [-0.3, -0.25) is 9.52 Å². The lowest BCUT2D eigenvalue weighted by Crippen LogP contribution is -2.40. The maximum Gasteiger partial charge on any atom is 0.237 e. The number of rotatable bonds is 4. The number of nitrogens with one attached hydrogen (secondary N) is 1. The number of sulfonamides is 1. The van der Waals surface area contributed by atoms with Crippen molar-refractivity contribution in [3.63, 3.8) is 0 Å². The molecule has 0 radical (unpaired) electrons. The summed E-state index contributed by atoms with van der Waals surface area (Å²) >= 11 is 0. The van der Waals surface area contributed by atoms with Crippen LogP contribution in [0.4, 0.5) is 0 Å². The Balaban J connectivity index is 1.64. The first kappa shape index (κ1) is 16.5. The van der Waals surface area contributed by atoms with Gasteiger partial charge in [0, 0.05) is 0 Å². The van der Waals surface area contributed by atoms with Crippen molar-refractivity contribution < 1.29 is 17.9 Å². The predicted octanol–water partition coefficient (Wildman–Crippen LogP) is 2.47. The maximum atomic E-state index is 12.3. The van der Waals surface area contributed by atoms with E-state index in [9.17, 15) is 13.2 Å². The Morgan fingerprint density at radius 2 is 1.91 bits per heavy atom. The molecule has 3 rings (SSSR count). The molecule has 0 spiro atoms. The molecule has 0 aromatic heterocycles. The second-order valence-corrected chi connectivity index (χ2v) is 8.30. The molecule has 0 saturated heterocycles. The van der Waals surface area contributed by atoms with Crippen molar-refractivity contribution in [2.75, 3.05) is 6.61 Å². The third kappa shape index (κ3) is 3.93. The molecule has 1 atom stereocenters. The Hall–Kier alpha value is -1.40. The van der Waals surface area contributed by atoms with Crippen molar-refractivity contribution in [1.82, 2.24) is 4.72 Å². The van der Waals surface area contributed by atoms with Crippen molar-refractivity contribution in [2.24, 2.45) is 0 Å². The van der Waals surface area contributed by atoms with Crippen LogP contribution in [0.5, 0.6) is 0 Å². The van der Waals surface area contributed by atoms with Crippen LogP contribution in [0.1, 0.15) is 55.8 Å². The van der Waals surface area contributed by atoms with Gasteiger partial charge in [-0.15, -0.1) is 0 Å². The minimum atomic E-state index is -3.57. The maximum absolute atomic E-state index is 12.3. The Morgan fingerprint density at radius 1 is 1.17 bits per heavy atom. The van der Waals surface area contributed by atoms with E-state index in [1.807, 2.05) is 24.3 Å². The lowest BCUT2D eigenvalue weighted by molar-refractivity contribution is -0.122. The molecule has 1 aliphatic carbocycles. The van der Waals surface area contributed by atoms with Crippen molar-refractivity contribution in [3.05, 3.63) is 35.4 Å². The van der Waals surface area contributed by atoms with Gasteiger partial charge in [0.15, 0.2) is 0 Å². The van der Waals surface area contributed by atoms with Crippen molar-refractivity contribution in [1.29, 1.82) is 0 Å². The molecular weight excluding hydrogens is 314 g/mol. The molecule has 1 heterocycles. The Labute approximate surface area is 137 Å². The van der Waals surface area contributed by atoms with E-state index in [0.717, 1.165) is 31.2 Å². The first-order valence-electron chi connectivity index (χ1n) is 8.30. The predicted molar refractivity (Wildman–Crippen MR) is 87.4 cm³/mol. The number of ether oxygens (including phenoxy) is 1. The zero-order valence-corrected chi connectivity index (χ0v) is 14.0. The SMILES string of the molecule is O=C(C[C@H]1OCCc2ccccc21)NS(=O)(=O)C1CCCCC1. The lowest BCUT2D eigenvalue weighted by Gasteiger charge is -2.26. The minimum absolute atomic E-state index is 0.0446. The van der Waals surface area contributed by atoms with Gasteiger partial charge in [0.2, 0.25) is 15.9 Å². The summed E-state index contributed by atoms with van der Waals surface area (Å²) < 4.78 is 32.6. The van der Waals surface area contributed by atoms with Gasteiger partial charge in [-0.1, -0.05) is 43.5 Å². The fourth-order valence-electron chi connectivity index (χ4n) is 3.47.